The Kier molecular flexibility index (Phi) is 3.54. The zero-order valence-electron chi connectivity index (χ0n) is 7.60. The first-order valence-corrected chi connectivity index (χ1v) is 4.88. The van der Waals surface area contributed by atoms with Crippen LogP contribution in [0.15, 0.2) is 12.3 Å². The quantitative estimate of drug-likeness (QED) is 0.657. The standard InChI is InChI=1S/C10H14ClN/c1-3-8-5-6-12-10(4-2)9(8)7-11/h5-6H,3-4,7H2,1-2H3. The van der Waals surface area contributed by atoms with Crippen LogP contribution in [0.2, 0.25) is 0 Å². The monoisotopic (exact) mass is 183 g/mol. The number of aryl methyl sites for hydroxylation is 2. The van der Waals surface area contributed by atoms with Crippen molar-refractivity contribution in [3.05, 3.63) is 29.1 Å². The highest BCUT2D eigenvalue weighted by Gasteiger charge is 2.04. The number of rotatable bonds is 3. The van der Waals surface area contributed by atoms with E-state index in [1.54, 1.807) is 0 Å². The Labute approximate surface area is 78.8 Å². The molecule has 1 rings (SSSR count). The lowest BCUT2D eigenvalue weighted by molar-refractivity contribution is 0.963. The molecule has 0 aliphatic carbocycles. The van der Waals surface area contributed by atoms with E-state index in [1.807, 2.05) is 6.20 Å². The van der Waals surface area contributed by atoms with Gasteiger partial charge in [-0.25, -0.2) is 0 Å². The lowest BCUT2D eigenvalue weighted by Gasteiger charge is -2.08. The number of nitrogens with zero attached hydrogens (tertiary/aromatic N) is 1. The van der Waals surface area contributed by atoms with E-state index in [2.05, 4.69) is 24.9 Å². The van der Waals surface area contributed by atoms with Gasteiger partial charge < -0.3 is 0 Å². The third-order valence-corrected chi connectivity index (χ3v) is 2.36. The fourth-order valence-electron chi connectivity index (χ4n) is 1.38. The summed E-state index contributed by atoms with van der Waals surface area (Å²) < 4.78 is 0. The fourth-order valence-corrected chi connectivity index (χ4v) is 1.71. The highest BCUT2D eigenvalue weighted by Crippen LogP contribution is 2.15. The summed E-state index contributed by atoms with van der Waals surface area (Å²) in [6.07, 6.45) is 3.88. The normalized spacial score (nSPS) is 10.2. The molecule has 66 valence electrons. The van der Waals surface area contributed by atoms with Gasteiger partial charge in [-0.2, -0.15) is 0 Å². The second kappa shape index (κ2) is 4.46. The maximum absolute atomic E-state index is 5.85. The van der Waals surface area contributed by atoms with Gasteiger partial charge >= 0.3 is 0 Å². The molecular formula is C10H14ClN. The molecule has 0 N–H and O–H groups in total. The minimum Gasteiger partial charge on any atom is -0.261 e. The SMILES string of the molecule is CCc1ccnc(CC)c1CCl. The van der Waals surface area contributed by atoms with E-state index in [-0.39, 0.29) is 0 Å². The van der Waals surface area contributed by atoms with Crippen LogP contribution in [0.5, 0.6) is 0 Å². The molecule has 1 aromatic rings. The molecule has 0 bridgehead atoms. The van der Waals surface area contributed by atoms with Crippen LogP contribution < -0.4 is 0 Å². The summed E-state index contributed by atoms with van der Waals surface area (Å²) in [5, 5.41) is 0. The summed E-state index contributed by atoms with van der Waals surface area (Å²) in [4.78, 5) is 4.29. The first-order valence-electron chi connectivity index (χ1n) is 4.35. The van der Waals surface area contributed by atoms with Crippen LogP contribution in [0.1, 0.15) is 30.7 Å². The van der Waals surface area contributed by atoms with E-state index < -0.39 is 0 Å². The molecule has 1 aromatic heterocycles. The zero-order valence-corrected chi connectivity index (χ0v) is 8.36. The average Bonchev–Trinajstić information content (AvgIpc) is 2.16. The Morgan fingerprint density at radius 2 is 2.08 bits per heavy atom. The third-order valence-electron chi connectivity index (χ3n) is 2.09. The van der Waals surface area contributed by atoms with Crippen molar-refractivity contribution in [2.75, 3.05) is 0 Å². The topological polar surface area (TPSA) is 12.9 Å². The molecule has 0 fully saturated rings. The van der Waals surface area contributed by atoms with Crippen LogP contribution in [0.4, 0.5) is 0 Å². The maximum atomic E-state index is 5.85. The maximum Gasteiger partial charge on any atom is 0.0494 e. The van der Waals surface area contributed by atoms with Crippen molar-refractivity contribution in [1.29, 1.82) is 0 Å². The Morgan fingerprint density at radius 3 is 2.58 bits per heavy atom. The number of alkyl halides is 1. The Morgan fingerprint density at radius 1 is 1.33 bits per heavy atom. The molecule has 1 nitrogen and oxygen atoms in total. The van der Waals surface area contributed by atoms with Gasteiger partial charge in [-0.15, -0.1) is 11.6 Å². The van der Waals surface area contributed by atoms with Gasteiger partial charge in [-0.05, 0) is 30.0 Å². The molecule has 12 heavy (non-hydrogen) atoms. The molecule has 0 aliphatic heterocycles. The smallest absolute Gasteiger partial charge is 0.0494 e. The van der Waals surface area contributed by atoms with E-state index in [1.165, 1.54) is 11.1 Å². The van der Waals surface area contributed by atoms with Gasteiger partial charge in [0, 0.05) is 17.8 Å². The van der Waals surface area contributed by atoms with Crippen LogP contribution in [0.25, 0.3) is 0 Å². The van der Waals surface area contributed by atoms with Gasteiger partial charge in [0.1, 0.15) is 0 Å². The summed E-state index contributed by atoms with van der Waals surface area (Å²) in [7, 11) is 0. The van der Waals surface area contributed by atoms with Gasteiger partial charge in [-0.3, -0.25) is 4.98 Å². The summed E-state index contributed by atoms with van der Waals surface area (Å²) in [6.45, 7) is 4.25. The fraction of sp³-hybridized carbons (Fsp3) is 0.500. The second-order valence-electron chi connectivity index (χ2n) is 2.74. The van der Waals surface area contributed by atoms with Gasteiger partial charge in [0.15, 0.2) is 0 Å². The van der Waals surface area contributed by atoms with Crippen molar-refractivity contribution in [2.45, 2.75) is 32.6 Å². The minimum absolute atomic E-state index is 0.584. The number of aromatic nitrogens is 1. The van der Waals surface area contributed by atoms with Gasteiger partial charge in [0.05, 0.1) is 0 Å². The van der Waals surface area contributed by atoms with Crippen LogP contribution >= 0.6 is 11.6 Å². The van der Waals surface area contributed by atoms with Crippen LogP contribution in [-0.2, 0) is 18.7 Å². The molecule has 0 aromatic carbocycles. The molecule has 1 heterocycles. The Balaban J connectivity index is 3.13. The lowest BCUT2D eigenvalue weighted by atomic mass is 10.0. The van der Waals surface area contributed by atoms with Crippen molar-refractivity contribution in [3.63, 3.8) is 0 Å². The van der Waals surface area contributed by atoms with Crippen LogP contribution in [0, 0.1) is 0 Å². The van der Waals surface area contributed by atoms with Gasteiger partial charge in [0.2, 0.25) is 0 Å². The number of hydrogen-bond acceptors (Lipinski definition) is 1. The number of halogens is 1. The van der Waals surface area contributed by atoms with Crippen molar-refractivity contribution in [2.24, 2.45) is 0 Å². The summed E-state index contributed by atoms with van der Waals surface area (Å²) in [6, 6.07) is 2.05. The van der Waals surface area contributed by atoms with Crippen LogP contribution in [-0.4, -0.2) is 4.98 Å². The molecule has 0 saturated heterocycles. The molecule has 0 spiro atoms. The molecular weight excluding hydrogens is 170 g/mol. The number of pyridine rings is 1. The summed E-state index contributed by atoms with van der Waals surface area (Å²) in [5.41, 5.74) is 3.70. The van der Waals surface area contributed by atoms with Crippen molar-refractivity contribution in [1.82, 2.24) is 4.98 Å². The molecule has 0 amide bonds. The van der Waals surface area contributed by atoms with Gasteiger partial charge in [0.25, 0.3) is 0 Å². The van der Waals surface area contributed by atoms with Crippen molar-refractivity contribution >= 4 is 11.6 Å². The third kappa shape index (κ3) is 1.78. The summed E-state index contributed by atoms with van der Waals surface area (Å²) in [5.74, 6) is 0.584. The molecule has 0 radical (unpaired) electrons. The first-order chi connectivity index (χ1) is 5.83. The van der Waals surface area contributed by atoms with Gasteiger partial charge in [-0.1, -0.05) is 13.8 Å². The summed E-state index contributed by atoms with van der Waals surface area (Å²) >= 11 is 5.85. The molecule has 0 unspecified atom stereocenters. The van der Waals surface area contributed by atoms with E-state index in [0.29, 0.717) is 5.88 Å². The first kappa shape index (κ1) is 9.53. The van der Waals surface area contributed by atoms with Crippen LogP contribution in [0.3, 0.4) is 0 Å². The van der Waals surface area contributed by atoms with E-state index in [0.717, 1.165) is 18.5 Å². The van der Waals surface area contributed by atoms with E-state index in [4.69, 9.17) is 11.6 Å². The van der Waals surface area contributed by atoms with Crippen molar-refractivity contribution < 1.29 is 0 Å². The number of hydrogen-bond donors (Lipinski definition) is 0. The lowest BCUT2D eigenvalue weighted by Crippen LogP contribution is -1.98. The van der Waals surface area contributed by atoms with E-state index >= 15 is 0 Å². The molecule has 0 atom stereocenters. The zero-order chi connectivity index (χ0) is 8.97. The highest BCUT2D eigenvalue weighted by atomic mass is 35.5. The molecule has 0 aliphatic rings. The average molecular weight is 184 g/mol. The largest absolute Gasteiger partial charge is 0.261 e. The predicted octanol–water partition coefficient (Wildman–Crippen LogP) is 2.95. The second-order valence-corrected chi connectivity index (χ2v) is 3.00. The Bertz CT molecular complexity index is 236. The predicted molar refractivity (Wildman–Crippen MR) is 52.6 cm³/mol. The highest BCUT2D eigenvalue weighted by molar-refractivity contribution is 6.17. The minimum atomic E-state index is 0.584. The van der Waals surface area contributed by atoms with Crippen molar-refractivity contribution in [3.8, 4) is 0 Å². The molecule has 0 saturated carbocycles. The Hall–Kier alpha value is -0.560. The molecule has 2 heteroatoms. The van der Waals surface area contributed by atoms with E-state index in [9.17, 15) is 0 Å².